The highest BCUT2D eigenvalue weighted by molar-refractivity contribution is 7.99. The summed E-state index contributed by atoms with van der Waals surface area (Å²) >= 11 is 7.88. The lowest BCUT2D eigenvalue weighted by molar-refractivity contribution is 0.0397. The van der Waals surface area contributed by atoms with Gasteiger partial charge in [-0.2, -0.15) is 5.10 Å². The molecule has 2 heterocycles. The van der Waals surface area contributed by atoms with E-state index in [1.807, 2.05) is 24.3 Å². The van der Waals surface area contributed by atoms with Gasteiger partial charge in [-0.3, -0.25) is 4.68 Å². The van der Waals surface area contributed by atoms with Crippen LogP contribution in [-0.4, -0.2) is 26.7 Å². The number of aliphatic hydroxyl groups is 1. The molecule has 4 nitrogen and oxygen atoms in total. The van der Waals surface area contributed by atoms with Crippen molar-refractivity contribution in [1.29, 1.82) is 0 Å². The summed E-state index contributed by atoms with van der Waals surface area (Å²) in [5.41, 5.74) is 0.642. The highest BCUT2D eigenvalue weighted by Gasteiger charge is 2.31. The van der Waals surface area contributed by atoms with E-state index in [0.29, 0.717) is 16.5 Å². The third-order valence-corrected chi connectivity index (χ3v) is 4.87. The van der Waals surface area contributed by atoms with Crippen molar-refractivity contribution in [2.75, 3.05) is 5.75 Å². The molecular weight excluding hydrogens is 308 g/mol. The second-order valence-electron chi connectivity index (χ2n) is 4.96. The summed E-state index contributed by atoms with van der Waals surface area (Å²) in [4.78, 5) is 1.11. The molecular formula is C15H17ClN2O2S. The smallest absolute Gasteiger partial charge is 0.140 e. The Hall–Kier alpha value is -1.17. The van der Waals surface area contributed by atoms with Crippen LogP contribution in [0.25, 0.3) is 0 Å². The number of aromatic nitrogens is 2. The quantitative estimate of drug-likeness (QED) is 0.934. The summed E-state index contributed by atoms with van der Waals surface area (Å²) in [5, 5.41) is 15.4. The number of para-hydroxylation sites is 1. The number of aryl methyl sites for hydroxylation is 1. The van der Waals surface area contributed by atoms with Crippen molar-refractivity contribution < 1.29 is 9.84 Å². The molecule has 1 aromatic carbocycles. The van der Waals surface area contributed by atoms with Crippen LogP contribution in [0.4, 0.5) is 0 Å². The Morgan fingerprint density at radius 1 is 1.52 bits per heavy atom. The number of halogens is 1. The average molecular weight is 325 g/mol. The predicted molar refractivity (Wildman–Crippen MR) is 84.1 cm³/mol. The zero-order valence-electron chi connectivity index (χ0n) is 11.7. The summed E-state index contributed by atoms with van der Waals surface area (Å²) in [6, 6.07) is 7.87. The summed E-state index contributed by atoms with van der Waals surface area (Å²) in [5.74, 6) is 1.50. The Bertz CT molecular complexity index is 632. The van der Waals surface area contributed by atoms with E-state index >= 15 is 0 Å². The molecule has 112 valence electrons. The van der Waals surface area contributed by atoms with Crippen LogP contribution in [0, 0.1) is 0 Å². The van der Waals surface area contributed by atoms with Crippen molar-refractivity contribution in [3.8, 4) is 5.75 Å². The molecule has 0 radical (unpaired) electrons. The van der Waals surface area contributed by atoms with Crippen molar-refractivity contribution in [1.82, 2.24) is 9.78 Å². The Balaban J connectivity index is 1.84. The van der Waals surface area contributed by atoms with Crippen LogP contribution in [0.1, 0.15) is 25.1 Å². The van der Waals surface area contributed by atoms with Gasteiger partial charge >= 0.3 is 0 Å². The van der Waals surface area contributed by atoms with E-state index < -0.39 is 6.10 Å². The van der Waals surface area contributed by atoms with Crippen LogP contribution in [0.15, 0.2) is 35.4 Å². The van der Waals surface area contributed by atoms with E-state index in [-0.39, 0.29) is 6.10 Å². The van der Waals surface area contributed by atoms with Gasteiger partial charge in [-0.1, -0.05) is 30.7 Å². The van der Waals surface area contributed by atoms with Gasteiger partial charge in [0.25, 0.3) is 0 Å². The van der Waals surface area contributed by atoms with Gasteiger partial charge in [0.05, 0.1) is 16.9 Å². The third-order valence-electron chi connectivity index (χ3n) is 3.43. The summed E-state index contributed by atoms with van der Waals surface area (Å²) in [7, 11) is 0. The fourth-order valence-corrected chi connectivity index (χ4v) is 3.70. The molecule has 0 saturated carbocycles. The maximum Gasteiger partial charge on any atom is 0.140 e. The van der Waals surface area contributed by atoms with Gasteiger partial charge in [-0.15, -0.1) is 11.8 Å². The van der Waals surface area contributed by atoms with Crippen LogP contribution >= 0.6 is 23.4 Å². The minimum Gasteiger partial charge on any atom is -0.485 e. The highest BCUT2D eigenvalue weighted by atomic mass is 35.5. The number of aliphatic hydroxyl groups excluding tert-OH is 1. The van der Waals surface area contributed by atoms with E-state index in [2.05, 4.69) is 12.0 Å². The van der Waals surface area contributed by atoms with Crippen LogP contribution in [0.3, 0.4) is 0 Å². The number of ether oxygens (including phenoxy) is 1. The van der Waals surface area contributed by atoms with Crippen LogP contribution in [-0.2, 0) is 6.54 Å². The maximum atomic E-state index is 10.7. The molecule has 1 N–H and O–H groups in total. The van der Waals surface area contributed by atoms with E-state index in [4.69, 9.17) is 16.3 Å². The molecule has 2 aromatic rings. The molecule has 0 spiro atoms. The van der Waals surface area contributed by atoms with Gasteiger partial charge in [0.15, 0.2) is 0 Å². The Labute approximate surface area is 133 Å². The second kappa shape index (κ2) is 6.30. The normalized spacial score (nSPS) is 18.9. The van der Waals surface area contributed by atoms with Gasteiger partial charge in [0.1, 0.15) is 18.0 Å². The number of hydrogen-bond acceptors (Lipinski definition) is 4. The van der Waals surface area contributed by atoms with Crippen LogP contribution in [0.2, 0.25) is 5.02 Å². The minimum atomic E-state index is -0.785. The third kappa shape index (κ3) is 2.91. The zero-order chi connectivity index (χ0) is 14.8. The predicted octanol–water partition coefficient (Wildman–Crippen LogP) is 3.53. The monoisotopic (exact) mass is 324 g/mol. The molecule has 1 aliphatic rings. The van der Waals surface area contributed by atoms with E-state index in [0.717, 1.165) is 23.6 Å². The number of nitrogens with zero attached hydrogens (tertiary/aromatic N) is 2. The lowest BCUT2D eigenvalue weighted by atomic mass is 10.1. The van der Waals surface area contributed by atoms with Crippen molar-refractivity contribution in [2.24, 2.45) is 0 Å². The molecule has 0 bridgehead atoms. The standard InChI is InChI=1S/C15H17ClN2O2S/c1-2-7-18-14(10(16)8-17-18)15(19)12-9-21-13-6-4-3-5-11(13)20-12/h3-6,8,12,15,19H,2,7,9H2,1H3. The topological polar surface area (TPSA) is 47.3 Å². The van der Waals surface area contributed by atoms with E-state index in [1.165, 1.54) is 0 Å². The first-order chi connectivity index (χ1) is 10.2. The number of rotatable bonds is 4. The molecule has 1 aliphatic heterocycles. The molecule has 1 aromatic heterocycles. The Morgan fingerprint density at radius 2 is 2.33 bits per heavy atom. The SMILES string of the molecule is CCCn1ncc(Cl)c1C(O)C1CSc2ccccc2O1. The van der Waals surface area contributed by atoms with E-state index in [9.17, 15) is 5.11 Å². The molecule has 2 unspecified atom stereocenters. The van der Waals surface area contributed by atoms with Crippen LogP contribution < -0.4 is 4.74 Å². The molecule has 0 saturated heterocycles. The average Bonchev–Trinajstić information content (AvgIpc) is 2.87. The Morgan fingerprint density at radius 3 is 3.14 bits per heavy atom. The minimum absolute atomic E-state index is 0.324. The van der Waals surface area contributed by atoms with E-state index in [1.54, 1.807) is 22.6 Å². The maximum absolute atomic E-state index is 10.7. The summed E-state index contributed by atoms with van der Waals surface area (Å²) < 4.78 is 7.70. The van der Waals surface area contributed by atoms with Gasteiger partial charge in [-0.25, -0.2) is 0 Å². The second-order valence-corrected chi connectivity index (χ2v) is 6.43. The van der Waals surface area contributed by atoms with Gasteiger partial charge in [-0.05, 0) is 18.6 Å². The fourth-order valence-electron chi connectivity index (χ4n) is 2.42. The van der Waals surface area contributed by atoms with Gasteiger partial charge < -0.3 is 9.84 Å². The molecule has 0 amide bonds. The first-order valence-corrected chi connectivity index (χ1v) is 8.34. The van der Waals surface area contributed by atoms with Crippen molar-refractivity contribution in [2.45, 2.75) is 37.0 Å². The fraction of sp³-hybridized carbons (Fsp3) is 0.400. The summed E-state index contributed by atoms with van der Waals surface area (Å²) in [6.45, 7) is 2.80. The largest absolute Gasteiger partial charge is 0.485 e. The van der Waals surface area contributed by atoms with Crippen LogP contribution in [0.5, 0.6) is 5.75 Å². The number of benzene rings is 1. The van der Waals surface area contributed by atoms with Gasteiger partial charge in [0.2, 0.25) is 0 Å². The molecule has 3 rings (SSSR count). The molecule has 6 heteroatoms. The molecule has 0 aliphatic carbocycles. The lowest BCUT2D eigenvalue weighted by Crippen LogP contribution is -2.32. The van der Waals surface area contributed by atoms with Crippen molar-refractivity contribution >= 4 is 23.4 Å². The first-order valence-electron chi connectivity index (χ1n) is 6.98. The summed E-state index contributed by atoms with van der Waals surface area (Å²) in [6.07, 6.45) is 1.41. The number of fused-ring (bicyclic) bond motifs is 1. The highest BCUT2D eigenvalue weighted by Crippen LogP contribution is 2.39. The lowest BCUT2D eigenvalue weighted by Gasteiger charge is -2.29. The van der Waals surface area contributed by atoms with Gasteiger partial charge in [0, 0.05) is 17.2 Å². The van der Waals surface area contributed by atoms with Crippen molar-refractivity contribution in [3.05, 3.63) is 41.2 Å². The number of hydrogen-bond donors (Lipinski definition) is 1. The molecule has 21 heavy (non-hydrogen) atoms. The zero-order valence-corrected chi connectivity index (χ0v) is 13.3. The Kier molecular flexibility index (Phi) is 4.42. The molecule has 0 fully saturated rings. The van der Waals surface area contributed by atoms with Crippen molar-refractivity contribution in [3.63, 3.8) is 0 Å². The molecule has 2 atom stereocenters. The number of thioether (sulfide) groups is 1. The first kappa shape index (κ1) is 14.8.